The highest BCUT2D eigenvalue weighted by Gasteiger charge is 2.16. The van der Waals surface area contributed by atoms with E-state index in [-0.39, 0.29) is 17.2 Å². The van der Waals surface area contributed by atoms with Crippen LogP contribution in [0.25, 0.3) is 11.0 Å². The molecule has 8 nitrogen and oxygen atoms in total. The molecule has 0 aliphatic rings. The summed E-state index contributed by atoms with van der Waals surface area (Å²) in [5, 5.41) is 6.55. The van der Waals surface area contributed by atoms with Crippen molar-refractivity contribution in [2.75, 3.05) is 12.4 Å². The summed E-state index contributed by atoms with van der Waals surface area (Å²) in [4.78, 5) is 21.9. The number of hydrogen-bond acceptors (Lipinski definition) is 5. The molecule has 2 N–H and O–H groups in total. The number of rotatable bonds is 6. The molecule has 0 spiro atoms. The maximum atomic E-state index is 13.1. The molecule has 0 saturated carbocycles. The summed E-state index contributed by atoms with van der Waals surface area (Å²) in [5.74, 6) is -0.138. The van der Waals surface area contributed by atoms with Gasteiger partial charge in [0.05, 0.1) is 27.7 Å². The molecule has 1 amide bonds. The van der Waals surface area contributed by atoms with Gasteiger partial charge >= 0.3 is 6.09 Å². The zero-order valence-electron chi connectivity index (χ0n) is 19.2. The van der Waals surface area contributed by atoms with Crippen LogP contribution >= 0.6 is 0 Å². The van der Waals surface area contributed by atoms with Crippen LogP contribution in [0.4, 0.5) is 19.5 Å². The van der Waals surface area contributed by atoms with E-state index in [0.717, 1.165) is 22.2 Å². The second kappa shape index (κ2) is 11.8. The molecule has 5 aromatic rings. The highest BCUT2D eigenvalue weighted by molar-refractivity contribution is 6.37. The molecule has 5 rings (SSSR count). The Morgan fingerprint density at radius 2 is 1.67 bits per heavy atom. The number of para-hydroxylation sites is 2. The number of benzene rings is 3. The minimum atomic E-state index is -0.538. The molecule has 0 bridgehead atoms. The van der Waals surface area contributed by atoms with E-state index in [1.54, 1.807) is 35.3 Å². The number of ether oxygens (including phenoxy) is 1. The Hall–Kier alpha value is -4.38. The predicted octanol–water partition coefficient (Wildman–Crippen LogP) is 4.75. The number of aromatic amines is 1. The molecule has 11 heteroatoms. The molecular weight excluding hydrogens is 482 g/mol. The van der Waals surface area contributed by atoms with Crippen molar-refractivity contribution in [3.05, 3.63) is 108 Å². The highest BCUT2D eigenvalue weighted by Crippen LogP contribution is 2.24. The van der Waals surface area contributed by atoms with Gasteiger partial charge in [-0.1, -0.05) is 36.4 Å². The number of amides is 1. The van der Waals surface area contributed by atoms with E-state index >= 15 is 0 Å². The number of nitrogens with zero attached hydrogens (tertiary/aromatic N) is 4. The Kier molecular flexibility index (Phi) is 8.14. The van der Waals surface area contributed by atoms with Crippen molar-refractivity contribution in [3.8, 4) is 0 Å². The minimum absolute atomic E-state index is 0.0744. The number of hydrogen-bond donors (Lipinski definition) is 2. The van der Waals surface area contributed by atoms with Crippen LogP contribution in [-0.2, 0) is 10.9 Å². The van der Waals surface area contributed by atoms with Crippen molar-refractivity contribution in [2.45, 2.75) is 11.7 Å². The van der Waals surface area contributed by atoms with Gasteiger partial charge in [0.15, 0.2) is 0 Å². The molecule has 2 aromatic heterocycles. The third kappa shape index (κ3) is 6.60. The van der Waals surface area contributed by atoms with Crippen LogP contribution in [-0.4, -0.2) is 47.5 Å². The fourth-order valence-corrected chi connectivity index (χ4v) is 4.79. The van der Waals surface area contributed by atoms with Crippen molar-refractivity contribution in [1.29, 1.82) is 0 Å². The lowest BCUT2D eigenvalue weighted by molar-refractivity contribution is 0.186. The fourth-order valence-electron chi connectivity index (χ4n) is 3.40. The number of methoxy groups -OCH3 is 1. The number of aromatic nitrogens is 5. The van der Waals surface area contributed by atoms with Gasteiger partial charge in [-0.05, 0) is 47.5 Å². The van der Waals surface area contributed by atoms with Gasteiger partial charge in [0.2, 0.25) is 5.95 Å². The zero-order chi connectivity index (χ0) is 25.3. The summed E-state index contributed by atoms with van der Waals surface area (Å²) in [6, 6.07) is 20.4. The number of H-pyrrole nitrogens is 1. The van der Waals surface area contributed by atoms with Gasteiger partial charge < -0.3 is 9.72 Å². The number of anilines is 1. The second-order valence-electron chi connectivity index (χ2n) is 7.55. The summed E-state index contributed by atoms with van der Waals surface area (Å²) in [6.45, 7) is 0. The molecule has 0 aliphatic heterocycles. The minimum Gasteiger partial charge on any atom is -0.453 e. The Morgan fingerprint density at radius 3 is 2.22 bits per heavy atom. The van der Waals surface area contributed by atoms with Crippen LogP contribution < -0.4 is 5.32 Å². The SMILES string of the molecule is COC(=O)Nc1nc2ccccc2[nH]1.Fc1ccc(C([Si]Cn2cncn2)c2ccc(F)cc2)cc1. The number of nitrogens with one attached hydrogen (secondary N) is 2. The first-order valence-corrected chi connectivity index (χ1v) is 12.2. The fraction of sp³-hybridized carbons (Fsp3) is 0.120. The van der Waals surface area contributed by atoms with E-state index in [4.69, 9.17) is 0 Å². The highest BCUT2D eigenvalue weighted by atomic mass is 28.2. The zero-order valence-corrected chi connectivity index (χ0v) is 20.2. The van der Waals surface area contributed by atoms with E-state index in [1.807, 2.05) is 24.3 Å². The Balaban J connectivity index is 0.000000187. The lowest BCUT2D eigenvalue weighted by Crippen LogP contribution is -2.17. The van der Waals surface area contributed by atoms with Crippen LogP contribution in [0.3, 0.4) is 0 Å². The lowest BCUT2D eigenvalue weighted by Gasteiger charge is -2.17. The van der Waals surface area contributed by atoms with Crippen molar-refractivity contribution in [3.63, 3.8) is 0 Å². The molecule has 0 fully saturated rings. The van der Waals surface area contributed by atoms with Crippen LogP contribution in [0, 0.1) is 11.6 Å². The first-order chi connectivity index (χ1) is 17.5. The first-order valence-electron chi connectivity index (χ1n) is 10.9. The Bertz CT molecular complexity index is 1310. The third-order valence-corrected chi connectivity index (χ3v) is 6.71. The number of carbonyl (C=O) groups is 1. The van der Waals surface area contributed by atoms with Gasteiger partial charge in [-0.2, -0.15) is 5.10 Å². The first kappa shape index (κ1) is 24.7. The Labute approximate surface area is 208 Å². The standard InChI is InChI=1S/C16H13F2N3Si.C9H9N3O2/c17-14-5-1-12(2-6-14)16(13-3-7-15(18)8-4-13)22-11-21-10-19-9-20-21;1-14-9(13)12-8-10-6-4-2-3-5-7(6)11-8/h1-10,16H,11H2;2-5H,1H3,(H2,10,11,12,13). The maximum Gasteiger partial charge on any atom is 0.413 e. The summed E-state index contributed by atoms with van der Waals surface area (Å²) in [7, 11) is 1.79. The largest absolute Gasteiger partial charge is 0.453 e. The molecular formula is C25H22F2N6O2Si. The average Bonchev–Trinajstić information content (AvgIpc) is 3.56. The van der Waals surface area contributed by atoms with Crippen molar-refractivity contribution < 1.29 is 18.3 Å². The van der Waals surface area contributed by atoms with Crippen LogP contribution in [0.2, 0.25) is 0 Å². The van der Waals surface area contributed by atoms with Crippen molar-refractivity contribution in [1.82, 2.24) is 24.7 Å². The molecule has 36 heavy (non-hydrogen) atoms. The summed E-state index contributed by atoms with van der Waals surface area (Å²) in [6.07, 6.45) is 3.33. The molecule has 0 atom stereocenters. The van der Waals surface area contributed by atoms with Gasteiger partial charge in [0.25, 0.3) is 0 Å². The van der Waals surface area contributed by atoms with Crippen LogP contribution in [0.1, 0.15) is 16.7 Å². The average molecular weight is 505 g/mol. The third-order valence-electron chi connectivity index (χ3n) is 5.13. The predicted molar refractivity (Wildman–Crippen MR) is 133 cm³/mol. The van der Waals surface area contributed by atoms with Crippen LogP contribution in [0.5, 0.6) is 0 Å². The van der Waals surface area contributed by atoms with E-state index in [0.29, 0.717) is 21.6 Å². The van der Waals surface area contributed by atoms with Gasteiger partial charge in [0, 0.05) is 11.7 Å². The van der Waals surface area contributed by atoms with Gasteiger partial charge in [0.1, 0.15) is 24.3 Å². The number of carbonyl (C=O) groups excluding carboxylic acids is 1. The number of imidazole rings is 1. The van der Waals surface area contributed by atoms with Crippen molar-refractivity contribution >= 4 is 32.6 Å². The summed E-state index contributed by atoms with van der Waals surface area (Å²) < 4.78 is 32.5. The monoisotopic (exact) mass is 504 g/mol. The smallest absolute Gasteiger partial charge is 0.413 e. The number of halogens is 2. The quantitative estimate of drug-likeness (QED) is 0.325. The maximum absolute atomic E-state index is 13.1. The molecule has 2 radical (unpaired) electrons. The topological polar surface area (TPSA) is 97.7 Å². The Morgan fingerprint density at radius 1 is 1.03 bits per heavy atom. The molecule has 0 unspecified atom stereocenters. The van der Waals surface area contributed by atoms with Gasteiger partial charge in [-0.15, -0.1) is 0 Å². The lowest BCUT2D eigenvalue weighted by atomic mass is 10.0. The molecule has 2 heterocycles. The molecule has 182 valence electrons. The van der Waals surface area contributed by atoms with Gasteiger partial charge in [-0.25, -0.2) is 23.5 Å². The van der Waals surface area contributed by atoms with Gasteiger partial charge in [-0.3, -0.25) is 10.00 Å². The summed E-state index contributed by atoms with van der Waals surface area (Å²) >= 11 is 0. The second-order valence-corrected chi connectivity index (χ2v) is 8.85. The summed E-state index contributed by atoms with van der Waals surface area (Å²) in [5.41, 5.74) is 3.76. The van der Waals surface area contributed by atoms with E-state index < -0.39 is 6.09 Å². The van der Waals surface area contributed by atoms with Crippen molar-refractivity contribution in [2.24, 2.45) is 0 Å². The molecule has 0 aliphatic carbocycles. The van der Waals surface area contributed by atoms with Crippen LogP contribution in [0.15, 0.2) is 85.5 Å². The molecule has 0 saturated heterocycles. The van der Waals surface area contributed by atoms with E-state index in [2.05, 4.69) is 30.1 Å². The van der Waals surface area contributed by atoms with E-state index in [1.165, 1.54) is 37.7 Å². The number of fused-ring (bicyclic) bond motifs is 1. The van der Waals surface area contributed by atoms with E-state index in [9.17, 15) is 13.6 Å². The normalized spacial score (nSPS) is 10.7. The molecule has 3 aromatic carbocycles.